The molecule has 3 unspecified atom stereocenters. The molecule has 48 heavy (non-hydrogen) atoms. The average molecular weight is 650 g/mol. The van der Waals surface area contributed by atoms with Crippen molar-refractivity contribution in [2.75, 3.05) is 31.1 Å². The zero-order chi connectivity index (χ0) is 34.1. The number of ether oxygens (including phenoxy) is 1. The van der Waals surface area contributed by atoms with E-state index in [1.807, 2.05) is 79.7 Å². The first-order valence-electron chi connectivity index (χ1n) is 17.2. The van der Waals surface area contributed by atoms with Crippen molar-refractivity contribution in [3.8, 4) is 0 Å². The zero-order valence-electron chi connectivity index (χ0n) is 28.1. The Bertz CT molecular complexity index is 1690. The lowest BCUT2D eigenvalue weighted by atomic mass is 9.62. The number of hydrogen-bond donors (Lipinski definition) is 1. The largest absolute Gasteiger partial charge is 0.396 e. The molecule has 0 aliphatic carbocycles. The van der Waals surface area contributed by atoms with Gasteiger partial charge in [0.05, 0.1) is 17.4 Å². The van der Waals surface area contributed by atoms with Crippen molar-refractivity contribution >= 4 is 34.2 Å². The first-order chi connectivity index (χ1) is 23.2. The summed E-state index contributed by atoms with van der Waals surface area (Å²) >= 11 is 0. The summed E-state index contributed by atoms with van der Waals surface area (Å²) < 4.78 is 7.04. The number of rotatable bonds is 14. The van der Waals surface area contributed by atoms with Crippen LogP contribution in [0, 0.1) is 17.8 Å². The predicted molar refractivity (Wildman–Crippen MR) is 188 cm³/mol. The molecule has 252 valence electrons. The van der Waals surface area contributed by atoms with Crippen molar-refractivity contribution in [3.05, 3.63) is 104 Å². The van der Waals surface area contributed by atoms with E-state index >= 15 is 4.79 Å². The van der Waals surface area contributed by atoms with Crippen molar-refractivity contribution < 1.29 is 24.2 Å². The minimum atomic E-state index is -1.16. The third-order valence-electron chi connectivity index (χ3n) is 10.9. The molecule has 1 N–H and O–H groups in total. The van der Waals surface area contributed by atoms with E-state index in [1.54, 1.807) is 26.9 Å². The molecule has 6 rings (SSSR count). The van der Waals surface area contributed by atoms with Crippen LogP contribution in [0.1, 0.15) is 45.1 Å². The van der Waals surface area contributed by atoms with Crippen LogP contribution >= 0.6 is 0 Å². The molecular weight excluding hydrogens is 602 g/mol. The number of fused-ring (bicyclic) bond motifs is 2. The second-order valence-electron chi connectivity index (χ2n) is 13.8. The van der Waals surface area contributed by atoms with Gasteiger partial charge in [-0.1, -0.05) is 79.7 Å². The molecule has 3 heterocycles. The Morgan fingerprint density at radius 2 is 1.67 bits per heavy atom. The molecule has 3 saturated heterocycles. The first kappa shape index (κ1) is 33.6. The Labute approximate surface area is 283 Å². The molecule has 3 aromatic rings. The van der Waals surface area contributed by atoms with Crippen molar-refractivity contribution in [1.82, 2.24) is 9.80 Å². The van der Waals surface area contributed by atoms with Gasteiger partial charge in [-0.25, -0.2) is 0 Å². The third-order valence-corrected chi connectivity index (χ3v) is 10.9. The number of anilines is 1. The molecule has 3 aromatic carbocycles. The summed E-state index contributed by atoms with van der Waals surface area (Å²) in [5, 5.41) is 11.5. The van der Waals surface area contributed by atoms with Gasteiger partial charge in [-0.15, -0.1) is 13.2 Å². The molecule has 8 heteroatoms. The molecule has 2 bridgehead atoms. The van der Waals surface area contributed by atoms with Crippen LogP contribution in [0.4, 0.5) is 5.69 Å². The number of likely N-dealkylation sites (tertiary alicyclic amines) is 1. The van der Waals surface area contributed by atoms with Crippen molar-refractivity contribution in [3.63, 3.8) is 0 Å². The number of aliphatic hydroxyl groups excluding tert-OH is 1. The smallest absolute Gasteiger partial charge is 0.253 e. The summed E-state index contributed by atoms with van der Waals surface area (Å²) in [5.41, 5.74) is -0.397. The number of carbonyl (C=O) groups excluding carboxylic acids is 3. The summed E-state index contributed by atoms with van der Waals surface area (Å²) in [5.74, 6) is -2.23. The van der Waals surface area contributed by atoms with Crippen LogP contribution in [0.5, 0.6) is 0 Å². The van der Waals surface area contributed by atoms with Crippen LogP contribution < -0.4 is 4.90 Å². The number of amides is 3. The molecule has 3 aliphatic heterocycles. The normalized spacial score (nSPS) is 27.2. The van der Waals surface area contributed by atoms with Crippen molar-refractivity contribution in [1.29, 1.82) is 0 Å². The molecule has 6 atom stereocenters. The SMILES string of the molecule is C=CCN(Cc1ccccc1)C(=O)[C@H]1[C@H]2C(=O)N(CCCCCO)C(C(=O)N(CC=C)c3ccc4ccccc4c3)C23CC(C)[C@]1(C)O3. The fraction of sp³-hybridized carbons (Fsp3) is 0.425. The fourth-order valence-corrected chi connectivity index (χ4v) is 8.54. The summed E-state index contributed by atoms with van der Waals surface area (Å²) in [6, 6.07) is 22.8. The third kappa shape index (κ3) is 5.65. The number of unbranched alkanes of at least 4 members (excludes halogenated alkanes) is 2. The lowest BCUT2D eigenvalue weighted by Crippen LogP contribution is -2.57. The van der Waals surface area contributed by atoms with E-state index in [-0.39, 0.29) is 36.8 Å². The predicted octanol–water partition coefficient (Wildman–Crippen LogP) is 5.75. The number of nitrogens with zero attached hydrogens (tertiary/aromatic N) is 3. The van der Waals surface area contributed by atoms with Gasteiger partial charge in [0, 0.05) is 38.5 Å². The monoisotopic (exact) mass is 649 g/mol. The van der Waals surface area contributed by atoms with Crippen LogP contribution in [0.2, 0.25) is 0 Å². The van der Waals surface area contributed by atoms with Crippen LogP contribution in [0.3, 0.4) is 0 Å². The van der Waals surface area contributed by atoms with E-state index in [1.165, 1.54) is 0 Å². The summed E-state index contributed by atoms with van der Waals surface area (Å²) in [4.78, 5) is 49.7. The van der Waals surface area contributed by atoms with Gasteiger partial charge in [0.1, 0.15) is 11.6 Å². The lowest BCUT2D eigenvalue weighted by molar-refractivity contribution is -0.151. The Morgan fingerprint density at radius 1 is 0.958 bits per heavy atom. The topological polar surface area (TPSA) is 90.4 Å². The zero-order valence-corrected chi connectivity index (χ0v) is 28.1. The molecular formula is C40H47N3O5. The van der Waals surface area contributed by atoms with E-state index in [0.717, 1.165) is 16.3 Å². The van der Waals surface area contributed by atoms with Crippen LogP contribution in [-0.2, 0) is 25.7 Å². The van der Waals surface area contributed by atoms with Crippen LogP contribution in [0.15, 0.2) is 98.1 Å². The second-order valence-corrected chi connectivity index (χ2v) is 13.8. The highest BCUT2D eigenvalue weighted by Crippen LogP contribution is 2.65. The minimum absolute atomic E-state index is 0.0635. The van der Waals surface area contributed by atoms with E-state index in [0.29, 0.717) is 51.0 Å². The number of aliphatic hydroxyl groups is 1. The van der Waals surface area contributed by atoms with Gasteiger partial charge in [0.15, 0.2) is 0 Å². The molecule has 1 spiro atoms. The molecule has 3 amide bonds. The van der Waals surface area contributed by atoms with Crippen molar-refractivity contribution in [2.24, 2.45) is 17.8 Å². The van der Waals surface area contributed by atoms with Gasteiger partial charge in [-0.05, 0) is 67.0 Å². The van der Waals surface area contributed by atoms with Gasteiger partial charge < -0.3 is 24.5 Å². The minimum Gasteiger partial charge on any atom is -0.396 e. The van der Waals surface area contributed by atoms with Gasteiger partial charge in [-0.2, -0.15) is 0 Å². The average Bonchev–Trinajstić information content (AvgIpc) is 3.61. The van der Waals surface area contributed by atoms with Crippen LogP contribution in [0.25, 0.3) is 10.8 Å². The van der Waals surface area contributed by atoms with Crippen LogP contribution in [-0.4, -0.2) is 76.1 Å². The quantitative estimate of drug-likeness (QED) is 0.178. The highest BCUT2D eigenvalue weighted by atomic mass is 16.5. The van der Waals surface area contributed by atoms with Crippen molar-refractivity contribution in [2.45, 2.75) is 63.3 Å². The first-order valence-corrected chi connectivity index (χ1v) is 17.2. The maximum absolute atomic E-state index is 15.1. The number of hydrogen-bond acceptors (Lipinski definition) is 5. The highest BCUT2D eigenvalue weighted by Gasteiger charge is 2.80. The van der Waals surface area contributed by atoms with E-state index in [9.17, 15) is 14.7 Å². The number of benzene rings is 3. The van der Waals surface area contributed by atoms with Gasteiger partial charge in [0.25, 0.3) is 5.91 Å². The Morgan fingerprint density at radius 3 is 2.38 bits per heavy atom. The Kier molecular flexibility index (Phi) is 9.59. The lowest BCUT2D eigenvalue weighted by Gasteiger charge is -2.39. The molecule has 0 radical (unpaired) electrons. The molecule has 3 aliphatic rings. The van der Waals surface area contributed by atoms with Gasteiger partial charge in [-0.3, -0.25) is 14.4 Å². The maximum Gasteiger partial charge on any atom is 0.253 e. The van der Waals surface area contributed by atoms with Gasteiger partial charge in [0.2, 0.25) is 11.8 Å². The highest BCUT2D eigenvalue weighted by molar-refractivity contribution is 6.06. The fourth-order valence-electron chi connectivity index (χ4n) is 8.54. The van der Waals surface area contributed by atoms with E-state index in [2.05, 4.69) is 20.1 Å². The van der Waals surface area contributed by atoms with E-state index < -0.39 is 29.1 Å². The second kappa shape index (κ2) is 13.7. The van der Waals surface area contributed by atoms with Gasteiger partial charge >= 0.3 is 0 Å². The molecule has 8 nitrogen and oxygen atoms in total. The Balaban J connectivity index is 1.41. The Hall–Kier alpha value is -4.27. The summed E-state index contributed by atoms with van der Waals surface area (Å²) in [6.07, 6.45) is 5.85. The summed E-state index contributed by atoms with van der Waals surface area (Å²) in [7, 11) is 0. The maximum atomic E-state index is 15.1. The number of carbonyl (C=O) groups is 3. The standard InChI is InChI=1S/C40H47N3O5/c1-5-21-41(27-29-15-9-7-10-16-29)36(45)33-34-37(46)43(23-13-8-14-24-44)35(40(34)26-28(3)39(33,4)48-40)38(47)42(22-6-2)32-20-19-30-17-11-12-18-31(30)25-32/h5-7,9-12,15-20,25,28,33-35,44H,1-2,8,13-14,21-24,26-27H2,3-4H3/t28?,33-,34+,35?,39+,40?/m1/s1. The van der Waals surface area contributed by atoms with E-state index in [4.69, 9.17) is 4.74 Å². The summed E-state index contributed by atoms with van der Waals surface area (Å²) in [6.45, 7) is 13.2. The molecule has 0 aromatic heterocycles. The molecule has 0 saturated carbocycles. The molecule has 3 fully saturated rings.